The van der Waals surface area contributed by atoms with E-state index in [0.717, 1.165) is 6.07 Å². The summed E-state index contributed by atoms with van der Waals surface area (Å²) in [6.45, 7) is 0. The summed E-state index contributed by atoms with van der Waals surface area (Å²) in [5, 5.41) is 4.80. The van der Waals surface area contributed by atoms with Crippen LogP contribution in [0.15, 0.2) is 47.4 Å². The highest BCUT2D eigenvalue weighted by atomic mass is 32.2. The molecule has 2 N–H and O–H groups in total. The summed E-state index contributed by atoms with van der Waals surface area (Å²) in [6.07, 6.45) is 0. The van der Waals surface area contributed by atoms with Crippen molar-refractivity contribution < 1.29 is 17.2 Å². The fourth-order valence-electron chi connectivity index (χ4n) is 1.63. The summed E-state index contributed by atoms with van der Waals surface area (Å²) in [4.78, 5) is -1.11. The summed E-state index contributed by atoms with van der Waals surface area (Å²) in [7, 11) is -4.44. The van der Waals surface area contributed by atoms with E-state index in [1.165, 1.54) is 6.07 Å². The molecule has 94 valence electrons. The minimum Gasteiger partial charge on any atom is -0.224 e. The molecule has 0 atom stereocenters. The second-order valence-electron chi connectivity index (χ2n) is 3.65. The molecule has 6 heteroatoms. The lowest BCUT2D eigenvalue weighted by atomic mass is 10.1. The predicted molar refractivity (Wildman–Crippen MR) is 63.2 cm³/mol. The highest BCUT2D eigenvalue weighted by Crippen LogP contribution is 2.28. The normalized spacial score (nSPS) is 11.5. The van der Waals surface area contributed by atoms with Crippen molar-refractivity contribution in [1.29, 1.82) is 0 Å². The van der Waals surface area contributed by atoms with Gasteiger partial charge in [0.05, 0.1) is 0 Å². The quantitative estimate of drug-likeness (QED) is 0.909. The maximum Gasteiger partial charge on any atom is 0.243 e. The molecule has 0 unspecified atom stereocenters. The molecule has 0 amide bonds. The number of sulfonamides is 1. The van der Waals surface area contributed by atoms with Crippen LogP contribution in [-0.4, -0.2) is 8.42 Å². The topological polar surface area (TPSA) is 60.2 Å². The SMILES string of the molecule is NS(=O)(=O)c1c(F)ccc(-c2ccccc2)c1F. The van der Waals surface area contributed by atoms with E-state index >= 15 is 0 Å². The zero-order chi connectivity index (χ0) is 13.3. The Balaban J connectivity index is 2.74. The number of rotatable bonds is 2. The van der Waals surface area contributed by atoms with Crippen LogP contribution in [0, 0.1) is 11.6 Å². The Bertz CT molecular complexity index is 685. The Morgan fingerprint density at radius 1 is 0.944 bits per heavy atom. The van der Waals surface area contributed by atoms with E-state index in [1.54, 1.807) is 30.3 Å². The third-order valence-corrected chi connectivity index (χ3v) is 3.36. The second kappa shape index (κ2) is 4.47. The van der Waals surface area contributed by atoms with E-state index in [4.69, 9.17) is 5.14 Å². The fourth-order valence-corrected chi connectivity index (χ4v) is 2.33. The average molecular weight is 269 g/mol. The number of nitrogens with two attached hydrogens (primary N) is 1. The van der Waals surface area contributed by atoms with E-state index < -0.39 is 26.6 Å². The summed E-state index contributed by atoms with van der Waals surface area (Å²) in [5.74, 6) is -2.38. The smallest absolute Gasteiger partial charge is 0.224 e. The highest BCUT2D eigenvalue weighted by Gasteiger charge is 2.23. The molecule has 0 spiro atoms. The van der Waals surface area contributed by atoms with E-state index in [-0.39, 0.29) is 5.56 Å². The van der Waals surface area contributed by atoms with Gasteiger partial charge in [0.1, 0.15) is 5.82 Å². The zero-order valence-corrected chi connectivity index (χ0v) is 9.92. The molecule has 0 heterocycles. The largest absolute Gasteiger partial charge is 0.243 e. The van der Waals surface area contributed by atoms with Crippen LogP contribution >= 0.6 is 0 Å². The highest BCUT2D eigenvalue weighted by molar-refractivity contribution is 7.89. The Labute approximate surface area is 103 Å². The molecule has 2 aromatic rings. The summed E-state index contributed by atoms with van der Waals surface area (Å²) in [5.41, 5.74) is 0.431. The number of hydrogen-bond donors (Lipinski definition) is 1. The maximum atomic E-state index is 14.0. The van der Waals surface area contributed by atoms with Gasteiger partial charge < -0.3 is 0 Å². The van der Waals surface area contributed by atoms with Crippen molar-refractivity contribution in [2.24, 2.45) is 5.14 Å². The molecular weight excluding hydrogens is 260 g/mol. The molecule has 3 nitrogen and oxygen atoms in total. The van der Waals surface area contributed by atoms with Crippen molar-refractivity contribution in [3.05, 3.63) is 54.1 Å². The van der Waals surface area contributed by atoms with Gasteiger partial charge in [-0.15, -0.1) is 0 Å². The predicted octanol–water partition coefficient (Wildman–Crippen LogP) is 2.28. The maximum absolute atomic E-state index is 14.0. The van der Waals surface area contributed by atoms with E-state index in [1.807, 2.05) is 0 Å². The van der Waals surface area contributed by atoms with Crippen LogP contribution in [0.4, 0.5) is 8.78 Å². The zero-order valence-electron chi connectivity index (χ0n) is 9.10. The van der Waals surface area contributed by atoms with Gasteiger partial charge in [-0.2, -0.15) is 0 Å². The van der Waals surface area contributed by atoms with Crippen molar-refractivity contribution >= 4 is 10.0 Å². The molecule has 0 bridgehead atoms. The van der Waals surface area contributed by atoms with E-state index in [9.17, 15) is 17.2 Å². The van der Waals surface area contributed by atoms with Crippen LogP contribution < -0.4 is 5.14 Å². The first-order valence-electron chi connectivity index (χ1n) is 4.97. The molecule has 18 heavy (non-hydrogen) atoms. The molecule has 0 aliphatic carbocycles. The molecular formula is C12H9F2NO2S. The van der Waals surface area contributed by atoms with Crippen LogP contribution in [-0.2, 0) is 10.0 Å². The van der Waals surface area contributed by atoms with Gasteiger partial charge in [-0.3, -0.25) is 0 Å². The molecule has 0 saturated heterocycles. The molecule has 0 aliphatic rings. The van der Waals surface area contributed by atoms with Gasteiger partial charge in [-0.05, 0) is 17.7 Å². The fraction of sp³-hybridized carbons (Fsp3) is 0. The van der Waals surface area contributed by atoms with Crippen LogP contribution in [0.2, 0.25) is 0 Å². The van der Waals surface area contributed by atoms with Gasteiger partial charge in [-0.1, -0.05) is 30.3 Å². The first kappa shape index (κ1) is 12.7. The van der Waals surface area contributed by atoms with Crippen molar-refractivity contribution in [1.82, 2.24) is 0 Å². The first-order valence-corrected chi connectivity index (χ1v) is 6.52. The van der Waals surface area contributed by atoms with Gasteiger partial charge in [-0.25, -0.2) is 22.3 Å². The lowest BCUT2D eigenvalue weighted by Gasteiger charge is -2.08. The first-order chi connectivity index (χ1) is 8.41. The Kier molecular flexibility index (Phi) is 3.14. The molecule has 0 aliphatic heterocycles. The second-order valence-corrected chi connectivity index (χ2v) is 5.15. The van der Waals surface area contributed by atoms with Crippen LogP contribution in [0.25, 0.3) is 11.1 Å². The minimum absolute atomic E-state index is 0.0129. The molecule has 0 radical (unpaired) electrons. The van der Waals surface area contributed by atoms with Gasteiger partial charge in [0.25, 0.3) is 0 Å². The van der Waals surface area contributed by atoms with Gasteiger partial charge in [0, 0.05) is 5.56 Å². The molecule has 2 aromatic carbocycles. The Hall–Kier alpha value is -1.79. The monoisotopic (exact) mass is 269 g/mol. The third-order valence-electron chi connectivity index (χ3n) is 2.42. The third kappa shape index (κ3) is 2.25. The molecule has 0 fully saturated rings. The molecule has 0 saturated carbocycles. The van der Waals surface area contributed by atoms with Gasteiger partial charge in [0.2, 0.25) is 10.0 Å². The van der Waals surface area contributed by atoms with Crippen molar-refractivity contribution in [3.8, 4) is 11.1 Å². The lowest BCUT2D eigenvalue weighted by molar-refractivity contribution is 0.522. The van der Waals surface area contributed by atoms with Gasteiger partial charge >= 0.3 is 0 Å². The standard InChI is InChI=1S/C12H9F2NO2S/c13-10-7-6-9(8-4-2-1-3-5-8)11(14)12(10)18(15,16)17/h1-7H,(H2,15,16,17). The van der Waals surface area contributed by atoms with Crippen molar-refractivity contribution in [3.63, 3.8) is 0 Å². The summed E-state index contributed by atoms with van der Waals surface area (Å²) < 4.78 is 49.7. The number of benzene rings is 2. The Morgan fingerprint density at radius 2 is 1.56 bits per heavy atom. The van der Waals surface area contributed by atoms with E-state index in [0.29, 0.717) is 5.56 Å². The number of hydrogen-bond acceptors (Lipinski definition) is 2. The van der Waals surface area contributed by atoms with Crippen molar-refractivity contribution in [2.45, 2.75) is 4.90 Å². The lowest BCUT2D eigenvalue weighted by Crippen LogP contribution is -2.16. The van der Waals surface area contributed by atoms with Crippen molar-refractivity contribution in [2.75, 3.05) is 0 Å². The van der Waals surface area contributed by atoms with E-state index in [2.05, 4.69) is 0 Å². The Morgan fingerprint density at radius 3 is 2.11 bits per heavy atom. The summed E-state index contributed by atoms with van der Waals surface area (Å²) in [6, 6.07) is 10.3. The van der Waals surface area contributed by atoms with Gasteiger partial charge in [0.15, 0.2) is 10.7 Å². The van der Waals surface area contributed by atoms with Crippen LogP contribution in [0.5, 0.6) is 0 Å². The minimum atomic E-state index is -4.44. The molecule has 2 rings (SSSR count). The average Bonchev–Trinajstić information content (AvgIpc) is 2.28. The summed E-state index contributed by atoms with van der Waals surface area (Å²) >= 11 is 0. The van der Waals surface area contributed by atoms with Crippen LogP contribution in [0.1, 0.15) is 0 Å². The van der Waals surface area contributed by atoms with Crippen LogP contribution in [0.3, 0.4) is 0 Å². The number of halogens is 2. The number of primary sulfonamides is 1. The molecule has 0 aromatic heterocycles.